The molecular formula is C28H32N4O2+2. The summed E-state index contributed by atoms with van der Waals surface area (Å²) in [6, 6.07) is 16.2. The van der Waals surface area contributed by atoms with E-state index in [0.29, 0.717) is 13.1 Å². The van der Waals surface area contributed by atoms with Gasteiger partial charge in [0.15, 0.2) is 37.9 Å². The van der Waals surface area contributed by atoms with E-state index in [1.54, 1.807) is 0 Å². The fourth-order valence-electron chi connectivity index (χ4n) is 4.87. The van der Waals surface area contributed by atoms with Crippen LogP contribution in [0.25, 0.3) is 0 Å². The zero-order valence-corrected chi connectivity index (χ0v) is 19.6. The van der Waals surface area contributed by atoms with Gasteiger partial charge in [0.05, 0.1) is 0 Å². The number of amides is 2. The second kappa shape index (κ2) is 10.2. The molecule has 0 radical (unpaired) electrons. The van der Waals surface area contributed by atoms with Crippen LogP contribution in [0.5, 0.6) is 0 Å². The SMILES string of the molecule is O=C(c1ccc[n+](Cc2ccc(C[n+]3cccc(C(=O)N4CCCC4)c3)cc2)c1)N1CCCC1. The summed E-state index contributed by atoms with van der Waals surface area (Å²) < 4.78 is 4.14. The fourth-order valence-corrected chi connectivity index (χ4v) is 4.87. The molecule has 6 heteroatoms. The van der Waals surface area contributed by atoms with Crippen LogP contribution in [0.15, 0.2) is 73.3 Å². The van der Waals surface area contributed by atoms with E-state index < -0.39 is 0 Å². The van der Waals surface area contributed by atoms with Crippen molar-refractivity contribution >= 4 is 11.8 Å². The Labute approximate surface area is 201 Å². The third-order valence-corrected chi connectivity index (χ3v) is 6.75. The van der Waals surface area contributed by atoms with Gasteiger partial charge in [-0.1, -0.05) is 24.3 Å². The molecule has 0 unspecified atom stereocenters. The third-order valence-electron chi connectivity index (χ3n) is 6.75. The van der Waals surface area contributed by atoms with Crippen molar-refractivity contribution in [2.24, 2.45) is 0 Å². The quantitative estimate of drug-likeness (QED) is 0.536. The normalized spacial score (nSPS) is 15.6. The number of hydrogen-bond donors (Lipinski definition) is 0. The van der Waals surface area contributed by atoms with Gasteiger partial charge in [-0.25, -0.2) is 0 Å². The van der Waals surface area contributed by atoms with Crippen LogP contribution in [0.3, 0.4) is 0 Å². The number of pyridine rings is 2. The monoisotopic (exact) mass is 456 g/mol. The van der Waals surface area contributed by atoms with Crippen LogP contribution in [-0.4, -0.2) is 47.8 Å². The van der Waals surface area contributed by atoms with Crippen LogP contribution in [0.2, 0.25) is 0 Å². The molecule has 2 amide bonds. The lowest BCUT2D eigenvalue weighted by Gasteiger charge is -2.14. The lowest BCUT2D eigenvalue weighted by molar-refractivity contribution is -0.689. The van der Waals surface area contributed by atoms with E-state index in [2.05, 4.69) is 33.4 Å². The van der Waals surface area contributed by atoms with E-state index >= 15 is 0 Å². The van der Waals surface area contributed by atoms with Gasteiger partial charge in [-0.2, -0.15) is 9.13 Å². The van der Waals surface area contributed by atoms with Crippen molar-refractivity contribution in [3.63, 3.8) is 0 Å². The van der Waals surface area contributed by atoms with E-state index in [4.69, 9.17) is 0 Å². The van der Waals surface area contributed by atoms with Crippen LogP contribution in [0.4, 0.5) is 0 Å². The third kappa shape index (κ3) is 5.16. The molecule has 5 rings (SSSR count). The van der Waals surface area contributed by atoms with Crippen molar-refractivity contribution in [2.75, 3.05) is 26.2 Å². The Morgan fingerprint density at radius 2 is 1.00 bits per heavy atom. The zero-order valence-electron chi connectivity index (χ0n) is 19.6. The van der Waals surface area contributed by atoms with Gasteiger partial charge in [0.1, 0.15) is 11.1 Å². The molecule has 0 atom stereocenters. The molecular weight excluding hydrogens is 424 g/mol. The number of aromatic nitrogens is 2. The number of likely N-dealkylation sites (tertiary alicyclic amines) is 2. The van der Waals surface area contributed by atoms with Crippen LogP contribution in [-0.2, 0) is 13.1 Å². The molecule has 0 N–H and O–H groups in total. The zero-order chi connectivity index (χ0) is 23.3. The summed E-state index contributed by atoms with van der Waals surface area (Å²) in [5, 5.41) is 0. The summed E-state index contributed by atoms with van der Waals surface area (Å²) in [7, 11) is 0. The summed E-state index contributed by atoms with van der Waals surface area (Å²) in [5.41, 5.74) is 3.87. The van der Waals surface area contributed by atoms with E-state index in [-0.39, 0.29) is 11.8 Å². The van der Waals surface area contributed by atoms with Gasteiger partial charge in [0.25, 0.3) is 11.8 Å². The van der Waals surface area contributed by atoms with E-state index in [1.807, 2.05) is 58.9 Å². The first-order valence-electron chi connectivity index (χ1n) is 12.3. The smallest absolute Gasteiger partial charge is 0.259 e. The van der Waals surface area contributed by atoms with Gasteiger partial charge >= 0.3 is 0 Å². The van der Waals surface area contributed by atoms with Crippen molar-refractivity contribution < 1.29 is 18.7 Å². The number of benzene rings is 1. The number of carbonyl (C=O) groups is 2. The molecule has 2 saturated heterocycles. The average molecular weight is 457 g/mol. The largest absolute Gasteiger partial charge is 0.338 e. The van der Waals surface area contributed by atoms with Crippen molar-refractivity contribution in [3.05, 3.63) is 95.6 Å². The summed E-state index contributed by atoms with van der Waals surface area (Å²) >= 11 is 0. The lowest BCUT2D eigenvalue weighted by atomic mass is 10.1. The number of rotatable bonds is 6. The van der Waals surface area contributed by atoms with Gasteiger partial charge in [-0.3, -0.25) is 9.59 Å². The molecule has 0 saturated carbocycles. The summed E-state index contributed by atoms with van der Waals surface area (Å²) in [6.45, 7) is 4.89. The molecule has 2 aliphatic heterocycles. The molecule has 2 aromatic heterocycles. The molecule has 0 aliphatic carbocycles. The van der Waals surface area contributed by atoms with Crippen molar-refractivity contribution in [2.45, 2.75) is 38.8 Å². The van der Waals surface area contributed by atoms with Gasteiger partial charge < -0.3 is 9.80 Å². The topological polar surface area (TPSA) is 48.4 Å². The first-order valence-corrected chi connectivity index (χ1v) is 12.3. The highest BCUT2D eigenvalue weighted by molar-refractivity contribution is 5.94. The van der Waals surface area contributed by atoms with Gasteiger partial charge in [-0.05, 0) is 37.8 Å². The maximum Gasteiger partial charge on any atom is 0.259 e. The maximum atomic E-state index is 12.7. The Balaban J connectivity index is 1.22. The minimum atomic E-state index is 0.129. The molecule has 6 nitrogen and oxygen atoms in total. The highest BCUT2D eigenvalue weighted by atomic mass is 16.2. The van der Waals surface area contributed by atoms with Crippen molar-refractivity contribution in [1.29, 1.82) is 0 Å². The maximum absolute atomic E-state index is 12.7. The molecule has 0 spiro atoms. The summed E-state index contributed by atoms with van der Waals surface area (Å²) in [5.74, 6) is 0.259. The number of hydrogen-bond acceptors (Lipinski definition) is 2. The Morgan fingerprint density at radius 1 is 0.618 bits per heavy atom. The van der Waals surface area contributed by atoms with Crippen LogP contribution >= 0.6 is 0 Å². The van der Waals surface area contributed by atoms with Crippen LogP contribution < -0.4 is 9.13 Å². The molecule has 34 heavy (non-hydrogen) atoms. The number of carbonyl (C=O) groups excluding carboxylic acids is 2. The van der Waals surface area contributed by atoms with Crippen molar-refractivity contribution in [1.82, 2.24) is 9.80 Å². The molecule has 174 valence electrons. The standard InChI is InChI=1S/C28H32N4O2/c33-27(31-15-1-2-16-31)25-7-5-13-29(21-25)19-23-9-11-24(12-10-23)20-30-14-6-8-26(22-30)28(34)32-17-3-4-18-32/h5-14,21-22H,1-4,15-20H2/q+2. The Kier molecular flexibility index (Phi) is 6.65. The van der Waals surface area contributed by atoms with E-state index in [9.17, 15) is 9.59 Å². The lowest BCUT2D eigenvalue weighted by Crippen LogP contribution is -2.37. The van der Waals surface area contributed by atoms with Gasteiger partial charge in [0.2, 0.25) is 0 Å². The highest BCUT2D eigenvalue weighted by Gasteiger charge is 2.22. The molecule has 0 bridgehead atoms. The molecule has 2 aliphatic rings. The summed E-state index contributed by atoms with van der Waals surface area (Å²) in [4.78, 5) is 29.3. The first kappa shape index (κ1) is 22.3. The molecule has 1 aromatic carbocycles. The van der Waals surface area contributed by atoms with Gasteiger partial charge in [0, 0.05) is 49.4 Å². The molecule has 2 fully saturated rings. The Morgan fingerprint density at radius 3 is 1.38 bits per heavy atom. The first-order chi connectivity index (χ1) is 16.7. The van der Waals surface area contributed by atoms with E-state index in [0.717, 1.165) is 63.0 Å². The fraction of sp³-hybridized carbons (Fsp3) is 0.357. The number of nitrogens with zero attached hydrogens (tertiary/aromatic N) is 4. The van der Waals surface area contributed by atoms with Crippen LogP contribution in [0.1, 0.15) is 57.5 Å². The second-order valence-electron chi connectivity index (χ2n) is 9.35. The predicted molar refractivity (Wildman–Crippen MR) is 128 cm³/mol. The highest BCUT2D eigenvalue weighted by Crippen LogP contribution is 2.13. The Hall–Kier alpha value is -3.54. The van der Waals surface area contributed by atoms with E-state index in [1.165, 1.54) is 11.1 Å². The molecule has 4 heterocycles. The minimum Gasteiger partial charge on any atom is -0.338 e. The second-order valence-corrected chi connectivity index (χ2v) is 9.35. The Bertz CT molecular complexity index is 1070. The van der Waals surface area contributed by atoms with Gasteiger partial charge in [-0.15, -0.1) is 0 Å². The van der Waals surface area contributed by atoms with Crippen LogP contribution in [0, 0.1) is 0 Å². The minimum absolute atomic E-state index is 0.129. The summed E-state index contributed by atoms with van der Waals surface area (Å²) in [6.07, 6.45) is 12.3. The average Bonchev–Trinajstić information content (AvgIpc) is 3.60. The molecule has 3 aromatic rings. The van der Waals surface area contributed by atoms with Crippen molar-refractivity contribution in [3.8, 4) is 0 Å². The predicted octanol–water partition coefficient (Wildman–Crippen LogP) is 2.83.